The van der Waals surface area contributed by atoms with E-state index in [-0.39, 0.29) is 11.9 Å². The number of β-amino-alcohol motifs (C(OH)–C–C–N with tert-alkyl or cyclic N) is 1. The molecule has 1 aromatic carbocycles. The van der Waals surface area contributed by atoms with Gasteiger partial charge in [0.15, 0.2) is 0 Å². The molecular weight excluding hydrogens is 212 g/mol. The number of hydrogen-bond acceptors (Lipinski definition) is 2. The fourth-order valence-corrected chi connectivity index (χ4v) is 2.08. The minimum Gasteiger partial charge on any atom is -0.392 e. The lowest BCUT2D eigenvalue weighted by Crippen LogP contribution is -2.37. The molecule has 1 aliphatic heterocycles. The highest BCUT2D eigenvalue weighted by Gasteiger charge is 2.18. The molecule has 1 N–H and O–H groups in total. The third-order valence-electron chi connectivity index (χ3n) is 2.88. The molecule has 1 heterocycles. The van der Waals surface area contributed by atoms with Crippen LogP contribution in [0.3, 0.4) is 0 Å². The predicted molar refractivity (Wildman–Crippen MR) is 56.9 cm³/mol. The lowest BCUT2D eigenvalue weighted by Gasteiger charge is -2.30. The summed E-state index contributed by atoms with van der Waals surface area (Å²) in [6, 6.07) is 3.48. The smallest absolute Gasteiger partial charge is 0.127 e. The highest BCUT2D eigenvalue weighted by Crippen LogP contribution is 2.16. The third-order valence-corrected chi connectivity index (χ3v) is 2.88. The molecule has 1 fully saturated rings. The minimum atomic E-state index is -0.422. The first-order chi connectivity index (χ1) is 7.65. The van der Waals surface area contributed by atoms with Crippen LogP contribution in [-0.2, 0) is 6.54 Å². The zero-order chi connectivity index (χ0) is 11.5. The van der Waals surface area contributed by atoms with Crippen LogP contribution < -0.4 is 0 Å². The van der Waals surface area contributed by atoms with E-state index in [1.54, 1.807) is 0 Å². The van der Waals surface area contributed by atoms with Crippen molar-refractivity contribution < 1.29 is 13.9 Å². The van der Waals surface area contributed by atoms with Gasteiger partial charge in [0, 0.05) is 18.7 Å². The maximum absolute atomic E-state index is 13.4. The maximum atomic E-state index is 13.4. The van der Waals surface area contributed by atoms with E-state index in [4.69, 9.17) is 0 Å². The fraction of sp³-hybridized carbons (Fsp3) is 0.500. The number of halogens is 2. The Kier molecular flexibility index (Phi) is 3.51. The fourth-order valence-electron chi connectivity index (χ4n) is 2.08. The molecule has 0 amide bonds. The van der Waals surface area contributed by atoms with E-state index >= 15 is 0 Å². The van der Waals surface area contributed by atoms with Crippen molar-refractivity contribution in [3.05, 3.63) is 35.4 Å². The van der Waals surface area contributed by atoms with Crippen LogP contribution in [0, 0.1) is 11.6 Å². The van der Waals surface area contributed by atoms with E-state index in [1.807, 2.05) is 4.90 Å². The summed E-state index contributed by atoms with van der Waals surface area (Å²) >= 11 is 0. The Bertz CT molecular complexity index is 370. The van der Waals surface area contributed by atoms with Gasteiger partial charge < -0.3 is 5.11 Å². The van der Waals surface area contributed by atoms with E-state index in [0.29, 0.717) is 18.7 Å². The van der Waals surface area contributed by atoms with Gasteiger partial charge in [-0.05, 0) is 37.6 Å². The molecule has 0 aromatic heterocycles. The molecular formula is C12H15F2NO. The number of aliphatic hydroxyl groups excluding tert-OH is 1. The number of rotatable bonds is 2. The number of nitrogens with zero attached hydrogens (tertiary/aromatic N) is 1. The third kappa shape index (κ3) is 2.77. The van der Waals surface area contributed by atoms with Crippen molar-refractivity contribution in [2.24, 2.45) is 0 Å². The van der Waals surface area contributed by atoms with Crippen LogP contribution in [0.2, 0.25) is 0 Å². The van der Waals surface area contributed by atoms with E-state index in [9.17, 15) is 13.9 Å². The molecule has 88 valence electrons. The number of likely N-dealkylation sites (tertiary alicyclic amines) is 1. The van der Waals surface area contributed by atoms with Crippen LogP contribution in [0.1, 0.15) is 18.4 Å². The molecule has 0 bridgehead atoms. The topological polar surface area (TPSA) is 23.5 Å². The molecule has 0 spiro atoms. The van der Waals surface area contributed by atoms with Crippen LogP contribution in [0.15, 0.2) is 18.2 Å². The van der Waals surface area contributed by atoms with Gasteiger partial charge >= 0.3 is 0 Å². The molecule has 0 saturated carbocycles. The Labute approximate surface area is 93.5 Å². The summed E-state index contributed by atoms with van der Waals surface area (Å²) in [5, 5.41) is 9.47. The SMILES string of the molecule is OC1CCCN(Cc2cc(F)ccc2F)C1. The summed E-state index contributed by atoms with van der Waals surface area (Å²) in [5.74, 6) is -0.810. The second-order valence-electron chi connectivity index (χ2n) is 4.27. The molecule has 1 unspecified atom stereocenters. The first-order valence-electron chi connectivity index (χ1n) is 5.49. The van der Waals surface area contributed by atoms with Crippen molar-refractivity contribution in [2.45, 2.75) is 25.5 Å². The van der Waals surface area contributed by atoms with Gasteiger partial charge in [-0.3, -0.25) is 4.90 Å². The monoisotopic (exact) mass is 227 g/mol. The highest BCUT2D eigenvalue weighted by atomic mass is 19.1. The summed E-state index contributed by atoms with van der Waals surface area (Å²) < 4.78 is 26.3. The number of piperidine rings is 1. The molecule has 1 saturated heterocycles. The number of aliphatic hydroxyl groups is 1. The largest absolute Gasteiger partial charge is 0.392 e. The molecule has 4 heteroatoms. The van der Waals surface area contributed by atoms with Crippen molar-refractivity contribution in [1.29, 1.82) is 0 Å². The Hall–Kier alpha value is -1.00. The maximum Gasteiger partial charge on any atom is 0.127 e. The Morgan fingerprint density at radius 3 is 2.94 bits per heavy atom. The Balaban J connectivity index is 2.05. The molecule has 1 aliphatic rings. The normalized spacial score (nSPS) is 22.3. The van der Waals surface area contributed by atoms with Gasteiger partial charge in [0.05, 0.1) is 6.10 Å². The first kappa shape index (κ1) is 11.5. The van der Waals surface area contributed by atoms with Crippen LogP contribution in [0.25, 0.3) is 0 Å². The van der Waals surface area contributed by atoms with Gasteiger partial charge in [0.2, 0.25) is 0 Å². The lowest BCUT2D eigenvalue weighted by atomic mass is 10.1. The number of benzene rings is 1. The van der Waals surface area contributed by atoms with Crippen molar-refractivity contribution in [3.8, 4) is 0 Å². The Morgan fingerprint density at radius 1 is 1.38 bits per heavy atom. The number of hydrogen-bond donors (Lipinski definition) is 1. The molecule has 2 nitrogen and oxygen atoms in total. The highest BCUT2D eigenvalue weighted by molar-refractivity contribution is 5.18. The van der Waals surface area contributed by atoms with E-state index < -0.39 is 5.82 Å². The van der Waals surface area contributed by atoms with Gasteiger partial charge in [-0.15, -0.1) is 0 Å². The van der Waals surface area contributed by atoms with Crippen LogP contribution in [-0.4, -0.2) is 29.2 Å². The van der Waals surface area contributed by atoms with Crippen molar-refractivity contribution in [1.82, 2.24) is 4.90 Å². The summed E-state index contributed by atoms with van der Waals surface area (Å²) in [5.41, 5.74) is 0.356. The molecule has 1 aromatic rings. The second-order valence-corrected chi connectivity index (χ2v) is 4.27. The zero-order valence-corrected chi connectivity index (χ0v) is 9.00. The molecule has 0 aliphatic carbocycles. The van der Waals surface area contributed by atoms with Crippen molar-refractivity contribution >= 4 is 0 Å². The van der Waals surface area contributed by atoms with Crippen LogP contribution in [0.4, 0.5) is 8.78 Å². The van der Waals surface area contributed by atoms with E-state index in [2.05, 4.69) is 0 Å². The lowest BCUT2D eigenvalue weighted by molar-refractivity contribution is 0.0662. The quantitative estimate of drug-likeness (QED) is 0.834. The summed E-state index contributed by atoms with van der Waals surface area (Å²) in [6.45, 7) is 1.73. The Morgan fingerprint density at radius 2 is 2.19 bits per heavy atom. The van der Waals surface area contributed by atoms with Gasteiger partial charge in [0.1, 0.15) is 11.6 Å². The van der Waals surface area contributed by atoms with Gasteiger partial charge in [-0.2, -0.15) is 0 Å². The minimum absolute atomic E-state index is 0.342. The zero-order valence-electron chi connectivity index (χ0n) is 9.00. The average Bonchev–Trinajstić information content (AvgIpc) is 2.24. The average molecular weight is 227 g/mol. The second kappa shape index (κ2) is 4.89. The summed E-state index contributed by atoms with van der Waals surface area (Å²) in [7, 11) is 0. The van der Waals surface area contributed by atoms with Gasteiger partial charge in [0.25, 0.3) is 0 Å². The van der Waals surface area contributed by atoms with E-state index in [1.165, 1.54) is 6.07 Å². The van der Waals surface area contributed by atoms with Crippen molar-refractivity contribution in [2.75, 3.05) is 13.1 Å². The molecule has 1 atom stereocenters. The van der Waals surface area contributed by atoms with Crippen LogP contribution in [0.5, 0.6) is 0 Å². The van der Waals surface area contributed by atoms with E-state index in [0.717, 1.165) is 31.5 Å². The molecule has 16 heavy (non-hydrogen) atoms. The van der Waals surface area contributed by atoms with Crippen molar-refractivity contribution in [3.63, 3.8) is 0 Å². The predicted octanol–water partition coefficient (Wildman–Crippen LogP) is 1.92. The standard InChI is InChI=1S/C12H15F2NO/c13-10-3-4-12(14)9(6-10)7-15-5-1-2-11(16)8-15/h3-4,6,11,16H,1-2,5,7-8H2. The van der Waals surface area contributed by atoms with Crippen LogP contribution >= 0.6 is 0 Å². The van der Waals surface area contributed by atoms with Gasteiger partial charge in [-0.1, -0.05) is 0 Å². The molecule has 2 rings (SSSR count). The first-order valence-corrected chi connectivity index (χ1v) is 5.49. The summed E-state index contributed by atoms with van der Waals surface area (Å²) in [6.07, 6.45) is 1.35. The van der Waals surface area contributed by atoms with Gasteiger partial charge in [-0.25, -0.2) is 8.78 Å². The molecule has 0 radical (unpaired) electrons. The summed E-state index contributed by atoms with van der Waals surface area (Å²) in [4.78, 5) is 1.95.